The van der Waals surface area contributed by atoms with Gasteiger partial charge >= 0.3 is 0 Å². The van der Waals surface area contributed by atoms with Crippen LogP contribution in [-0.2, 0) is 4.79 Å². The van der Waals surface area contributed by atoms with E-state index in [1.54, 1.807) is 0 Å². The maximum Gasteiger partial charge on any atom is 0.222 e. The van der Waals surface area contributed by atoms with Crippen molar-refractivity contribution in [3.63, 3.8) is 0 Å². The lowest BCUT2D eigenvalue weighted by atomic mass is 9.99. The van der Waals surface area contributed by atoms with E-state index >= 15 is 0 Å². The van der Waals surface area contributed by atoms with Crippen molar-refractivity contribution in [3.05, 3.63) is 29.8 Å². The molecule has 0 saturated heterocycles. The molecule has 0 heterocycles. The second-order valence-corrected chi connectivity index (χ2v) is 4.47. The van der Waals surface area contributed by atoms with Crippen LogP contribution in [0, 0.1) is 0 Å². The molecule has 1 rings (SSSR count). The van der Waals surface area contributed by atoms with E-state index in [9.17, 15) is 4.79 Å². The number of nitrogens with one attached hydrogen (secondary N) is 2. The summed E-state index contributed by atoms with van der Waals surface area (Å²) >= 11 is 4.98. The number of carbonyl (C=O) groups excluding carboxylic acids is 1. The van der Waals surface area contributed by atoms with Crippen LogP contribution in [0.1, 0.15) is 38.7 Å². The van der Waals surface area contributed by atoms with Gasteiger partial charge in [-0.05, 0) is 42.3 Å². The molecule has 1 atom stereocenters. The third kappa shape index (κ3) is 4.53. The highest BCUT2D eigenvalue weighted by atomic mass is 32.1. The van der Waals surface area contributed by atoms with Crippen molar-refractivity contribution >= 4 is 28.9 Å². The Hall–Kier alpha value is -1.42. The van der Waals surface area contributed by atoms with Gasteiger partial charge in [-0.25, -0.2) is 0 Å². The summed E-state index contributed by atoms with van der Waals surface area (Å²) in [6.07, 6.45) is 1.12. The summed E-state index contributed by atoms with van der Waals surface area (Å²) in [7, 11) is 0. The number of benzene rings is 1. The number of hydrogen-bond donors (Lipinski definition) is 2. The Morgan fingerprint density at radius 2 is 1.94 bits per heavy atom. The molecule has 17 heavy (non-hydrogen) atoms. The summed E-state index contributed by atoms with van der Waals surface area (Å²) < 4.78 is 0. The molecule has 0 radical (unpaired) electrons. The second-order valence-electron chi connectivity index (χ2n) is 4.07. The SMILES string of the molecule is CC[C@H](C)c1ccc(NC(=S)NC(C)=O)cc1. The Balaban J connectivity index is 2.62. The monoisotopic (exact) mass is 250 g/mol. The van der Waals surface area contributed by atoms with Crippen molar-refractivity contribution in [2.24, 2.45) is 0 Å². The molecule has 0 spiro atoms. The van der Waals surface area contributed by atoms with Crippen molar-refractivity contribution in [3.8, 4) is 0 Å². The number of carbonyl (C=O) groups is 1. The largest absolute Gasteiger partial charge is 0.332 e. The molecule has 0 aliphatic heterocycles. The number of thiocarbonyl (C=S) groups is 1. The lowest BCUT2D eigenvalue weighted by Gasteiger charge is -2.11. The van der Waals surface area contributed by atoms with Crippen LogP contribution >= 0.6 is 12.2 Å². The van der Waals surface area contributed by atoms with Gasteiger partial charge in [-0.15, -0.1) is 0 Å². The maximum atomic E-state index is 10.8. The summed E-state index contributed by atoms with van der Waals surface area (Å²) in [5.41, 5.74) is 2.19. The third-order valence-electron chi connectivity index (χ3n) is 2.64. The zero-order valence-corrected chi connectivity index (χ0v) is 11.2. The van der Waals surface area contributed by atoms with Gasteiger partial charge in [0.15, 0.2) is 5.11 Å². The molecule has 0 aliphatic carbocycles. The van der Waals surface area contributed by atoms with E-state index in [2.05, 4.69) is 36.6 Å². The Kier molecular flexibility index (Phi) is 5.10. The number of amides is 1. The molecule has 1 aromatic rings. The number of hydrogen-bond acceptors (Lipinski definition) is 2. The van der Waals surface area contributed by atoms with Crippen molar-refractivity contribution in [1.29, 1.82) is 0 Å². The van der Waals surface area contributed by atoms with Gasteiger partial charge in [0.2, 0.25) is 5.91 Å². The average molecular weight is 250 g/mol. The summed E-state index contributed by atoms with van der Waals surface area (Å²) in [6.45, 7) is 5.80. The average Bonchev–Trinajstić information content (AvgIpc) is 2.28. The quantitative estimate of drug-likeness (QED) is 0.810. The minimum atomic E-state index is -0.168. The van der Waals surface area contributed by atoms with Crippen LogP contribution in [0.25, 0.3) is 0 Å². The topological polar surface area (TPSA) is 41.1 Å². The van der Waals surface area contributed by atoms with E-state index in [1.165, 1.54) is 12.5 Å². The zero-order chi connectivity index (χ0) is 12.8. The third-order valence-corrected chi connectivity index (χ3v) is 2.84. The van der Waals surface area contributed by atoms with Gasteiger partial charge in [0.1, 0.15) is 0 Å². The van der Waals surface area contributed by atoms with E-state index in [4.69, 9.17) is 12.2 Å². The van der Waals surface area contributed by atoms with E-state index in [-0.39, 0.29) is 5.91 Å². The summed E-state index contributed by atoms with van der Waals surface area (Å²) in [6, 6.07) is 8.09. The Morgan fingerprint density at radius 1 is 1.35 bits per heavy atom. The fourth-order valence-corrected chi connectivity index (χ4v) is 1.71. The molecule has 3 nitrogen and oxygen atoms in total. The molecular formula is C13H18N2OS. The Bertz CT molecular complexity index is 400. The second kappa shape index (κ2) is 6.35. The zero-order valence-electron chi connectivity index (χ0n) is 10.4. The Labute approximate surface area is 108 Å². The first-order valence-corrected chi connectivity index (χ1v) is 6.12. The first-order valence-electron chi connectivity index (χ1n) is 5.71. The molecule has 0 bridgehead atoms. The van der Waals surface area contributed by atoms with Crippen molar-refractivity contribution in [2.45, 2.75) is 33.1 Å². The number of rotatable bonds is 3. The fraction of sp³-hybridized carbons (Fsp3) is 0.385. The van der Waals surface area contributed by atoms with Crippen molar-refractivity contribution in [1.82, 2.24) is 5.32 Å². The van der Waals surface area contributed by atoms with Crippen molar-refractivity contribution < 1.29 is 4.79 Å². The van der Waals surface area contributed by atoms with Gasteiger partial charge in [0.25, 0.3) is 0 Å². The first-order chi connectivity index (χ1) is 8.02. The molecule has 0 saturated carbocycles. The molecule has 1 aromatic carbocycles. The van der Waals surface area contributed by atoms with Crippen LogP contribution in [0.15, 0.2) is 24.3 Å². The highest BCUT2D eigenvalue weighted by Crippen LogP contribution is 2.20. The van der Waals surface area contributed by atoms with E-state index in [1.807, 2.05) is 12.1 Å². The molecule has 0 aliphatic rings. The lowest BCUT2D eigenvalue weighted by Crippen LogP contribution is -2.32. The van der Waals surface area contributed by atoms with Gasteiger partial charge in [0, 0.05) is 12.6 Å². The normalized spacial score (nSPS) is 11.7. The predicted molar refractivity (Wildman–Crippen MR) is 75.2 cm³/mol. The standard InChI is InChI=1S/C13H18N2OS/c1-4-9(2)11-5-7-12(8-6-11)15-13(17)14-10(3)16/h5-9H,4H2,1-3H3,(H2,14,15,16,17)/t9-/m0/s1. The molecular weight excluding hydrogens is 232 g/mol. The summed E-state index contributed by atoms with van der Waals surface area (Å²) in [4.78, 5) is 10.8. The lowest BCUT2D eigenvalue weighted by molar-refractivity contribution is -0.117. The molecule has 92 valence electrons. The van der Waals surface area contributed by atoms with E-state index in [0.29, 0.717) is 11.0 Å². The van der Waals surface area contributed by atoms with Gasteiger partial charge in [-0.3, -0.25) is 4.79 Å². The summed E-state index contributed by atoms with van der Waals surface area (Å²) in [5, 5.41) is 5.81. The molecule has 0 unspecified atom stereocenters. The fourth-order valence-electron chi connectivity index (χ4n) is 1.45. The summed E-state index contributed by atoms with van der Waals surface area (Å²) in [5.74, 6) is 0.394. The molecule has 4 heteroatoms. The van der Waals surface area contributed by atoms with Crippen molar-refractivity contribution in [2.75, 3.05) is 5.32 Å². The van der Waals surface area contributed by atoms with Crippen LogP contribution in [0.5, 0.6) is 0 Å². The van der Waals surface area contributed by atoms with Crippen LogP contribution in [0.2, 0.25) is 0 Å². The molecule has 1 amide bonds. The molecule has 0 fully saturated rings. The minimum absolute atomic E-state index is 0.168. The highest BCUT2D eigenvalue weighted by Gasteiger charge is 2.03. The maximum absolute atomic E-state index is 10.8. The van der Waals surface area contributed by atoms with E-state index in [0.717, 1.165) is 12.1 Å². The van der Waals surface area contributed by atoms with Gasteiger partial charge in [0.05, 0.1) is 0 Å². The van der Waals surface area contributed by atoms with Gasteiger partial charge in [-0.2, -0.15) is 0 Å². The smallest absolute Gasteiger partial charge is 0.222 e. The molecule has 2 N–H and O–H groups in total. The van der Waals surface area contributed by atoms with Crippen LogP contribution < -0.4 is 10.6 Å². The highest BCUT2D eigenvalue weighted by molar-refractivity contribution is 7.80. The van der Waals surface area contributed by atoms with E-state index < -0.39 is 0 Å². The van der Waals surface area contributed by atoms with Gasteiger partial charge < -0.3 is 10.6 Å². The predicted octanol–water partition coefficient (Wildman–Crippen LogP) is 3.03. The number of anilines is 1. The minimum Gasteiger partial charge on any atom is -0.332 e. The van der Waals surface area contributed by atoms with Gasteiger partial charge in [-0.1, -0.05) is 26.0 Å². The van der Waals surface area contributed by atoms with Crippen LogP contribution in [-0.4, -0.2) is 11.0 Å². The molecule has 0 aromatic heterocycles. The van der Waals surface area contributed by atoms with Crippen LogP contribution in [0.4, 0.5) is 5.69 Å². The first kappa shape index (κ1) is 13.6. The van der Waals surface area contributed by atoms with Crippen LogP contribution in [0.3, 0.4) is 0 Å². The Morgan fingerprint density at radius 3 is 2.41 bits per heavy atom.